The summed E-state index contributed by atoms with van der Waals surface area (Å²) in [6.45, 7) is 4.32. The fraction of sp³-hybridized carbons (Fsp3) is 0.263. The molecule has 5 heteroatoms. The van der Waals surface area contributed by atoms with Crippen LogP contribution >= 0.6 is 0 Å². The molecule has 0 spiro atoms. The van der Waals surface area contributed by atoms with Crippen molar-refractivity contribution in [2.75, 3.05) is 13.1 Å². The molecule has 1 N–H and O–H groups in total. The van der Waals surface area contributed by atoms with E-state index in [9.17, 15) is 9.18 Å². The number of benzene rings is 2. The smallest absolute Gasteiger partial charge is 0.258 e. The SMILES string of the molecule is CCN(CCc1nc2ccccc2c(=O)[nH]1)Cc1cccc(F)c1. The highest BCUT2D eigenvalue weighted by molar-refractivity contribution is 5.77. The maximum absolute atomic E-state index is 13.3. The van der Waals surface area contributed by atoms with E-state index in [1.807, 2.05) is 24.3 Å². The summed E-state index contributed by atoms with van der Waals surface area (Å²) in [5.41, 5.74) is 1.55. The Morgan fingerprint density at radius 1 is 1.17 bits per heavy atom. The average Bonchev–Trinajstić information content (AvgIpc) is 2.59. The number of nitrogens with one attached hydrogen (secondary N) is 1. The summed E-state index contributed by atoms with van der Waals surface area (Å²) in [5.74, 6) is 0.459. The zero-order valence-electron chi connectivity index (χ0n) is 13.6. The molecule has 0 unspecified atom stereocenters. The Morgan fingerprint density at radius 3 is 2.79 bits per heavy atom. The van der Waals surface area contributed by atoms with Crippen LogP contribution in [-0.2, 0) is 13.0 Å². The lowest BCUT2D eigenvalue weighted by molar-refractivity contribution is 0.281. The molecule has 0 amide bonds. The maximum Gasteiger partial charge on any atom is 0.258 e. The standard InChI is InChI=1S/C19H20FN3O/c1-2-23(13-14-6-5-7-15(20)12-14)11-10-18-21-17-9-4-3-8-16(17)19(24)22-18/h3-9,12H,2,10-11,13H2,1H3,(H,21,22,24). The third kappa shape index (κ3) is 3.86. The normalized spacial score (nSPS) is 11.3. The van der Waals surface area contributed by atoms with Crippen LogP contribution in [0.5, 0.6) is 0 Å². The molecule has 0 saturated heterocycles. The Labute approximate surface area is 140 Å². The Balaban J connectivity index is 1.70. The first-order valence-corrected chi connectivity index (χ1v) is 8.10. The minimum absolute atomic E-state index is 0.108. The van der Waals surface area contributed by atoms with Gasteiger partial charge in [-0.05, 0) is 36.4 Å². The van der Waals surface area contributed by atoms with E-state index < -0.39 is 0 Å². The van der Waals surface area contributed by atoms with Crippen molar-refractivity contribution in [2.45, 2.75) is 19.9 Å². The molecule has 0 fully saturated rings. The minimum Gasteiger partial charge on any atom is -0.310 e. The number of fused-ring (bicyclic) bond motifs is 1. The van der Waals surface area contributed by atoms with Crippen LogP contribution in [0.4, 0.5) is 4.39 Å². The second-order valence-corrected chi connectivity index (χ2v) is 5.78. The molecular weight excluding hydrogens is 305 g/mol. The number of hydrogen-bond acceptors (Lipinski definition) is 3. The van der Waals surface area contributed by atoms with Crippen LogP contribution in [0.3, 0.4) is 0 Å². The molecular formula is C19H20FN3O. The first-order chi connectivity index (χ1) is 11.7. The highest BCUT2D eigenvalue weighted by Gasteiger charge is 2.08. The largest absolute Gasteiger partial charge is 0.310 e. The number of halogens is 1. The van der Waals surface area contributed by atoms with Crippen molar-refractivity contribution in [3.05, 3.63) is 76.1 Å². The van der Waals surface area contributed by atoms with E-state index in [4.69, 9.17) is 0 Å². The number of nitrogens with zero attached hydrogens (tertiary/aromatic N) is 2. The lowest BCUT2D eigenvalue weighted by Crippen LogP contribution is -2.26. The summed E-state index contributed by atoms with van der Waals surface area (Å²) in [6, 6.07) is 14.0. The van der Waals surface area contributed by atoms with Gasteiger partial charge in [-0.15, -0.1) is 0 Å². The number of H-pyrrole nitrogens is 1. The molecule has 0 aliphatic rings. The van der Waals surface area contributed by atoms with Gasteiger partial charge in [-0.3, -0.25) is 9.69 Å². The predicted octanol–water partition coefficient (Wildman–Crippen LogP) is 3.13. The van der Waals surface area contributed by atoms with Crippen molar-refractivity contribution in [3.8, 4) is 0 Å². The van der Waals surface area contributed by atoms with Crippen LogP contribution in [-0.4, -0.2) is 28.0 Å². The van der Waals surface area contributed by atoms with Crippen molar-refractivity contribution >= 4 is 10.9 Å². The number of para-hydroxylation sites is 1. The molecule has 1 heterocycles. The third-order valence-electron chi connectivity index (χ3n) is 4.07. The fourth-order valence-electron chi connectivity index (χ4n) is 2.76. The second-order valence-electron chi connectivity index (χ2n) is 5.78. The Hall–Kier alpha value is -2.53. The summed E-state index contributed by atoms with van der Waals surface area (Å²) in [7, 11) is 0. The van der Waals surface area contributed by atoms with E-state index in [-0.39, 0.29) is 11.4 Å². The van der Waals surface area contributed by atoms with Crippen LogP contribution < -0.4 is 5.56 Å². The van der Waals surface area contributed by atoms with Crippen LogP contribution in [0, 0.1) is 5.82 Å². The number of likely N-dealkylation sites (N-methyl/N-ethyl adjacent to an activating group) is 1. The molecule has 3 rings (SSSR count). The minimum atomic E-state index is -0.218. The van der Waals surface area contributed by atoms with E-state index >= 15 is 0 Å². The zero-order valence-corrected chi connectivity index (χ0v) is 13.6. The van der Waals surface area contributed by atoms with Crippen molar-refractivity contribution in [2.24, 2.45) is 0 Å². The number of rotatable bonds is 6. The highest BCUT2D eigenvalue weighted by Crippen LogP contribution is 2.09. The summed E-state index contributed by atoms with van der Waals surface area (Å²) in [5, 5.41) is 0.605. The Kier molecular flexibility index (Phi) is 5.01. The summed E-state index contributed by atoms with van der Waals surface area (Å²) < 4.78 is 13.3. The predicted molar refractivity (Wildman–Crippen MR) is 93.4 cm³/mol. The molecule has 0 aliphatic carbocycles. The van der Waals surface area contributed by atoms with Crippen LogP contribution in [0.25, 0.3) is 10.9 Å². The third-order valence-corrected chi connectivity index (χ3v) is 4.07. The summed E-state index contributed by atoms with van der Waals surface area (Å²) >= 11 is 0. The lowest BCUT2D eigenvalue weighted by Gasteiger charge is -2.20. The summed E-state index contributed by atoms with van der Waals surface area (Å²) in [6.07, 6.45) is 0.642. The van der Waals surface area contributed by atoms with Gasteiger partial charge < -0.3 is 4.98 Å². The average molecular weight is 325 g/mol. The van der Waals surface area contributed by atoms with Crippen molar-refractivity contribution in [1.29, 1.82) is 0 Å². The van der Waals surface area contributed by atoms with E-state index in [0.29, 0.717) is 29.7 Å². The van der Waals surface area contributed by atoms with E-state index in [1.54, 1.807) is 18.2 Å². The molecule has 24 heavy (non-hydrogen) atoms. The van der Waals surface area contributed by atoms with Gasteiger partial charge >= 0.3 is 0 Å². The van der Waals surface area contributed by atoms with E-state index in [1.165, 1.54) is 6.07 Å². The molecule has 3 aromatic rings. The first-order valence-electron chi connectivity index (χ1n) is 8.10. The fourth-order valence-corrected chi connectivity index (χ4v) is 2.76. The van der Waals surface area contributed by atoms with Gasteiger partial charge in [0.15, 0.2) is 0 Å². The molecule has 4 nitrogen and oxygen atoms in total. The first kappa shape index (κ1) is 16.3. The van der Waals surface area contributed by atoms with Crippen LogP contribution in [0.2, 0.25) is 0 Å². The highest BCUT2D eigenvalue weighted by atomic mass is 19.1. The van der Waals surface area contributed by atoms with Crippen LogP contribution in [0.15, 0.2) is 53.3 Å². The van der Waals surface area contributed by atoms with Gasteiger partial charge in [0.1, 0.15) is 11.6 Å². The van der Waals surface area contributed by atoms with Gasteiger partial charge in [0.2, 0.25) is 0 Å². The van der Waals surface area contributed by atoms with Crippen molar-refractivity contribution < 1.29 is 4.39 Å². The van der Waals surface area contributed by atoms with Gasteiger partial charge in [-0.25, -0.2) is 9.37 Å². The van der Waals surface area contributed by atoms with Crippen molar-refractivity contribution in [3.63, 3.8) is 0 Å². The zero-order chi connectivity index (χ0) is 16.9. The second kappa shape index (κ2) is 7.36. The Bertz CT molecular complexity index is 891. The molecule has 0 bridgehead atoms. The van der Waals surface area contributed by atoms with Crippen molar-refractivity contribution in [1.82, 2.24) is 14.9 Å². The van der Waals surface area contributed by atoms with Gasteiger partial charge in [0, 0.05) is 19.5 Å². The van der Waals surface area contributed by atoms with E-state index in [0.717, 1.165) is 18.7 Å². The Morgan fingerprint density at radius 2 is 2.00 bits per heavy atom. The van der Waals surface area contributed by atoms with Gasteiger partial charge in [0.05, 0.1) is 10.9 Å². The quantitative estimate of drug-likeness (QED) is 0.757. The maximum atomic E-state index is 13.3. The molecule has 0 radical (unpaired) electrons. The molecule has 0 aliphatic heterocycles. The number of hydrogen-bond donors (Lipinski definition) is 1. The van der Waals surface area contributed by atoms with Gasteiger partial charge in [-0.1, -0.05) is 31.2 Å². The molecule has 124 valence electrons. The van der Waals surface area contributed by atoms with Gasteiger partial charge in [0.25, 0.3) is 5.56 Å². The van der Waals surface area contributed by atoms with Crippen LogP contribution in [0.1, 0.15) is 18.3 Å². The van der Waals surface area contributed by atoms with E-state index in [2.05, 4.69) is 21.8 Å². The number of aromatic amines is 1. The molecule has 1 aromatic heterocycles. The topological polar surface area (TPSA) is 49.0 Å². The summed E-state index contributed by atoms with van der Waals surface area (Å²) in [4.78, 5) is 21.7. The monoisotopic (exact) mass is 325 g/mol. The molecule has 2 aromatic carbocycles. The van der Waals surface area contributed by atoms with Gasteiger partial charge in [-0.2, -0.15) is 0 Å². The number of aromatic nitrogens is 2. The lowest BCUT2D eigenvalue weighted by atomic mass is 10.2. The molecule has 0 atom stereocenters. The molecule has 0 saturated carbocycles.